The molecular weight excluding hydrogens is 271 g/mol. The van der Waals surface area contributed by atoms with E-state index in [2.05, 4.69) is 0 Å². The topological polar surface area (TPSA) is 26.3 Å². The minimum absolute atomic E-state index is 0.196. The minimum Gasteiger partial charge on any atom is -0.457 e. The van der Waals surface area contributed by atoms with Crippen molar-refractivity contribution in [3.05, 3.63) is 69.7 Å². The number of esters is 1. The van der Waals surface area contributed by atoms with Gasteiger partial charge in [0.25, 0.3) is 0 Å². The van der Waals surface area contributed by atoms with Crippen LogP contribution in [0.4, 0.5) is 0 Å². The highest BCUT2D eigenvalue weighted by atomic mass is 35.5. The summed E-state index contributed by atoms with van der Waals surface area (Å²) in [6, 6.07) is 14.3. The fraction of sp³-hybridized carbons (Fsp3) is 0.0714. The molecule has 0 heterocycles. The number of carbonyl (C=O) groups excluding carboxylic acids is 1. The lowest BCUT2D eigenvalue weighted by Crippen LogP contribution is -2.06. The SMILES string of the molecule is O=C(OCc1ccccc1)c1c(Cl)cccc1Cl. The maximum absolute atomic E-state index is 11.9. The minimum atomic E-state index is -0.519. The Morgan fingerprint density at radius 3 is 2.17 bits per heavy atom. The Morgan fingerprint density at radius 2 is 1.56 bits per heavy atom. The summed E-state index contributed by atoms with van der Waals surface area (Å²) in [5, 5.41) is 0.584. The van der Waals surface area contributed by atoms with Gasteiger partial charge >= 0.3 is 5.97 Å². The van der Waals surface area contributed by atoms with E-state index in [0.717, 1.165) is 5.56 Å². The van der Waals surface area contributed by atoms with Crippen molar-refractivity contribution >= 4 is 29.2 Å². The van der Waals surface area contributed by atoms with Gasteiger partial charge < -0.3 is 4.74 Å². The Labute approximate surface area is 115 Å². The molecule has 2 nitrogen and oxygen atoms in total. The van der Waals surface area contributed by atoms with E-state index >= 15 is 0 Å². The van der Waals surface area contributed by atoms with E-state index in [4.69, 9.17) is 27.9 Å². The molecule has 0 atom stereocenters. The van der Waals surface area contributed by atoms with Crippen molar-refractivity contribution in [2.75, 3.05) is 0 Å². The monoisotopic (exact) mass is 280 g/mol. The molecule has 0 aliphatic carbocycles. The molecule has 0 fully saturated rings. The molecule has 2 aromatic carbocycles. The zero-order valence-electron chi connectivity index (χ0n) is 9.40. The molecular formula is C14H10Cl2O2. The second kappa shape index (κ2) is 5.89. The highest BCUT2D eigenvalue weighted by Gasteiger charge is 2.15. The smallest absolute Gasteiger partial charge is 0.341 e. The molecule has 2 rings (SSSR count). The average molecular weight is 281 g/mol. The lowest BCUT2D eigenvalue weighted by atomic mass is 10.2. The van der Waals surface area contributed by atoms with Gasteiger partial charge in [-0.05, 0) is 17.7 Å². The fourth-order valence-electron chi connectivity index (χ4n) is 1.49. The van der Waals surface area contributed by atoms with Crippen LogP contribution in [0.1, 0.15) is 15.9 Å². The first-order valence-corrected chi connectivity index (χ1v) is 6.09. The van der Waals surface area contributed by atoms with Crippen LogP contribution in [-0.2, 0) is 11.3 Å². The van der Waals surface area contributed by atoms with Crippen molar-refractivity contribution in [1.29, 1.82) is 0 Å². The molecule has 0 spiro atoms. The number of hydrogen-bond acceptors (Lipinski definition) is 2. The van der Waals surface area contributed by atoms with Gasteiger partial charge in [0.05, 0.1) is 15.6 Å². The molecule has 18 heavy (non-hydrogen) atoms. The standard InChI is InChI=1S/C14H10Cl2O2/c15-11-7-4-8-12(16)13(11)14(17)18-9-10-5-2-1-3-6-10/h1-8H,9H2. The molecule has 0 unspecified atom stereocenters. The number of halogens is 2. The van der Waals surface area contributed by atoms with E-state index in [1.165, 1.54) is 0 Å². The largest absolute Gasteiger partial charge is 0.457 e. The molecule has 0 aliphatic rings. The summed E-state index contributed by atoms with van der Waals surface area (Å²) < 4.78 is 5.17. The molecule has 0 aromatic heterocycles. The van der Waals surface area contributed by atoms with E-state index in [9.17, 15) is 4.79 Å². The first kappa shape index (κ1) is 12.9. The number of benzene rings is 2. The fourth-order valence-corrected chi connectivity index (χ4v) is 2.04. The molecule has 0 N–H and O–H groups in total. The maximum Gasteiger partial charge on any atom is 0.341 e. The van der Waals surface area contributed by atoms with Crippen LogP contribution in [0.5, 0.6) is 0 Å². The second-order valence-corrected chi connectivity index (χ2v) is 4.47. The van der Waals surface area contributed by atoms with Crippen molar-refractivity contribution in [3.63, 3.8) is 0 Å². The molecule has 0 aliphatic heterocycles. The predicted octanol–water partition coefficient (Wildman–Crippen LogP) is 4.35. The van der Waals surface area contributed by atoms with Crippen molar-refractivity contribution in [2.24, 2.45) is 0 Å². The molecule has 4 heteroatoms. The van der Waals surface area contributed by atoms with Gasteiger partial charge in [-0.25, -0.2) is 4.79 Å². The quantitative estimate of drug-likeness (QED) is 0.782. The molecule has 0 radical (unpaired) electrons. The number of carbonyl (C=O) groups is 1. The van der Waals surface area contributed by atoms with Crippen molar-refractivity contribution in [3.8, 4) is 0 Å². The van der Waals surface area contributed by atoms with E-state index in [1.807, 2.05) is 30.3 Å². The molecule has 0 bridgehead atoms. The highest BCUT2D eigenvalue weighted by Crippen LogP contribution is 2.25. The van der Waals surface area contributed by atoms with Crippen LogP contribution < -0.4 is 0 Å². The summed E-state index contributed by atoms with van der Waals surface area (Å²) in [6.07, 6.45) is 0. The Bertz CT molecular complexity index is 533. The number of ether oxygens (including phenoxy) is 1. The first-order chi connectivity index (χ1) is 8.68. The maximum atomic E-state index is 11.9. The summed E-state index contributed by atoms with van der Waals surface area (Å²) in [5.74, 6) is -0.519. The average Bonchev–Trinajstić information content (AvgIpc) is 2.37. The summed E-state index contributed by atoms with van der Waals surface area (Å²) in [5.41, 5.74) is 1.12. The van der Waals surface area contributed by atoms with E-state index in [1.54, 1.807) is 18.2 Å². The van der Waals surface area contributed by atoms with Crippen molar-refractivity contribution < 1.29 is 9.53 Å². The second-order valence-electron chi connectivity index (χ2n) is 3.66. The van der Waals surface area contributed by atoms with Gasteiger partial charge in [-0.2, -0.15) is 0 Å². The lowest BCUT2D eigenvalue weighted by Gasteiger charge is -2.07. The van der Waals surface area contributed by atoms with Crippen LogP contribution in [0.2, 0.25) is 10.0 Å². The number of rotatable bonds is 3. The normalized spacial score (nSPS) is 10.1. The van der Waals surface area contributed by atoms with Crippen LogP contribution in [0.15, 0.2) is 48.5 Å². The van der Waals surface area contributed by atoms with E-state index in [-0.39, 0.29) is 12.2 Å². The summed E-state index contributed by atoms with van der Waals surface area (Å²) >= 11 is 11.8. The third-order valence-electron chi connectivity index (χ3n) is 2.38. The Morgan fingerprint density at radius 1 is 0.944 bits per heavy atom. The molecule has 92 valence electrons. The molecule has 0 amide bonds. The van der Waals surface area contributed by atoms with Gasteiger partial charge in [-0.15, -0.1) is 0 Å². The van der Waals surface area contributed by atoms with Crippen LogP contribution in [0, 0.1) is 0 Å². The van der Waals surface area contributed by atoms with Gasteiger partial charge in [0.2, 0.25) is 0 Å². The van der Waals surface area contributed by atoms with Crippen molar-refractivity contribution in [2.45, 2.75) is 6.61 Å². The number of hydrogen-bond donors (Lipinski definition) is 0. The lowest BCUT2D eigenvalue weighted by molar-refractivity contribution is 0.0473. The van der Waals surface area contributed by atoms with Gasteiger partial charge in [0, 0.05) is 0 Å². The molecule has 0 saturated heterocycles. The van der Waals surface area contributed by atoms with Crippen LogP contribution in [0.25, 0.3) is 0 Å². The first-order valence-electron chi connectivity index (χ1n) is 5.33. The zero-order valence-corrected chi connectivity index (χ0v) is 10.9. The third kappa shape index (κ3) is 3.03. The third-order valence-corrected chi connectivity index (χ3v) is 3.01. The predicted molar refractivity (Wildman–Crippen MR) is 72.0 cm³/mol. The Kier molecular flexibility index (Phi) is 4.24. The Hall–Kier alpha value is -1.51. The van der Waals surface area contributed by atoms with E-state index in [0.29, 0.717) is 10.0 Å². The molecule has 0 saturated carbocycles. The van der Waals surface area contributed by atoms with Gasteiger partial charge in [-0.1, -0.05) is 59.6 Å². The molecule has 2 aromatic rings. The highest BCUT2D eigenvalue weighted by molar-refractivity contribution is 6.39. The van der Waals surface area contributed by atoms with Crippen LogP contribution >= 0.6 is 23.2 Å². The van der Waals surface area contributed by atoms with Gasteiger partial charge in [0.1, 0.15) is 6.61 Å². The van der Waals surface area contributed by atoms with Gasteiger partial charge in [0.15, 0.2) is 0 Å². The van der Waals surface area contributed by atoms with Crippen LogP contribution in [-0.4, -0.2) is 5.97 Å². The zero-order chi connectivity index (χ0) is 13.0. The Balaban J connectivity index is 2.09. The summed E-state index contributed by atoms with van der Waals surface area (Å²) in [6.45, 7) is 0.196. The van der Waals surface area contributed by atoms with Crippen molar-refractivity contribution in [1.82, 2.24) is 0 Å². The summed E-state index contributed by atoms with van der Waals surface area (Å²) in [4.78, 5) is 11.9. The summed E-state index contributed by atoms with van der Waals surface area (Å²) in [7, 11) is 0. The van der Waals surface area contributed by atoms with Gasteiger partial charge in [-0.3, -0.25) is 0 Å². The van der Waals surface area contributed by atoms with Crippen LogP contribution in [0.3, 0.4) is 0 Å². The van der Waals surface area contributed by atoms with E-state index < -0.39 is 5.97 Å².